The minimum absolute atomic E-state index is 0.133. The fourth-order valence-electron chi connectivity index (χ4n) is 4.26. The molecule has 174 valence electrons. The molecular weight excluding hydrogens is 470 g/mol. The standard InChI is InChI=1S/C21H27N3O5S3/c1-3-23-10-8-15-16(13-23)31-20(18(15)21(26)29-2)22-19(25)14-6-4-9-24(12-14)32(27,28)17-7-5-11-30-17/h5,7,11,14H,3-4,6,8-10,12-13H2,1-2H3,(H,22,25). The second-order valence-corrected chi connectivity index (χ2v) is 12.2. The molecule has 1 amide bonds. The quantitative estimate of drug-likeness (QED) is 0.617. The van der Waals surface area contributed by atoms with E-state index in [0.717, 1.165) is 36.5 Å². The van der Waals surface area contributed by atoms with E-state index in [4.69, 9.17) is 4.74 Å². The molecule has 32 heavy (non-hydrogen) atoms. The van der Waals surface area contributed by atoms with Crippen LogP contribution in [-0.4, -0.2) is 62.8 Å². The van der Waals surface area contributed by atoms with Gasteiger partial charge in [0.25, 0.3) is 10.0 Å². The number of nitrogens with one attached hydrogen (secondary N) is 1. The summed E-state index contributed by atoms with van der Waals surface area (Å²) in [7, 11) is -2.26. The maximum absolute atomic E-state index is 13.1. The highest BCUT2D eigenvalue weighted by Crippen LogP contribution is 2.38. The lowest BCUT2D eigenvalue weighted by Gasteiger charge is -2.30. The molecule has 1 saturated heterocycles. The van der Waals surface area contributed by atoms with Crippen molar-refractivity contribution in [3.63, 3.8) is 0 Å². The van der Waals surface area contributed by atoms with Gasteiger partial charge in [0.15, 0.2) is 0 Å². The number of hydrogen-bond donors (Lipinski definition) is 1. The lowest BCUT2D eigenvalue weighted by Crippen LogP contribution is -2.43. The van der Waals surface area contributed by atoms with Crippen LogP contribution in [0, 0.1) is 5.92 Å². The Morgan fingerprint density at radius 1 is 1.31 bits per heavy atom. The third-order valence-electron chi connectivity index (χ3n) is 6.05. The lowest BCUT2D eigenvalue weighted by atomic mass is 9.98. The van der Waals surface area contributed by atoms with Crippen molar-refractivity contribution in [1.29, 1.82) is 0 Å². The number of sulfonamides is 1. The van der Waals surface area contributed by atoms with Crippen LogP contribution in [0.5, 0.6) is 0 Å². The van der Waals surface area contributed by atoms with Crippen molar-refractivity contribution in [2.45, 2.75) is 36.9 Å². The van der Waals surface area contributed by atoms with E-state index in [2.05, 4.69) is 17.1 Å². The second kappa shape index (κ2) is 9.60. The van der Waals surface area contributed by atoms with Crippen LogP contribution >= 0.6 is 22.7 Å². The number of likely N-dealkylation sites (N-methyl/N-ethyl adjacent to an activating group) is 1. The smallest absolute Gasteiger partial charge is 0.341 e. The van der Waals surface area contributed by atoms with Crippen LogP contribution in [0.1, 0.15) is 40.6 Å². The summed E-state index contributed by atoms with van der Waals surface area (Å²) >= 11 is 2.59. The van der Waals surface area contributed by atoms with Crippen molar-refractivity contribution in [1.82, 2.24) is 9.21 Å². The van der Waals surface area contributed by atoms with E-state index >= 15 is 0 Å². The first kappa shape index (κ1) is 23.4. The molecule has 4 rings (SSSR count). The Labute approximate surface area is 196 Å². The number of thiophene rings is 2. The third kappa shape index (κ3) is 4.49. The third-order valence-corrected chi connectivity index (χ3v) is 10.4. The summed E-state index contributed by atoms with van der Waals surface area (Å²) in [6, 6.07) is 3.29. The molecule has 4 heterocycles. The van der Waals surface area contributed by atoms with Crippen molar-refractivity contribution in [3.8, 4) is 0 Å². The van der Waals surface area contributed by atoms with Gasteiger partial charge in [0.05, 0.1) is 18.6 Å². The predicted octanol–water partition coefficient (Wildman–Crippen LogP) is 3.01. The zero-order chi connectivity index (χ0) is 22.9. The van der Waals surface area contributed by atoms with E-state index in [1.54, 1.807) is 17.5 Å². The first-order chi connectivity index (χ1) is 15.3. The Bertz CT molecular complexity index is 1090. The summed E-state index contributed by atoms with van der Waals surface area (Å²) in [5.74, 6) is -1.18. The van der Waals surface area contributed by atoms with Crippen LogP contribution in [0.25, 0.3) is 0 Å². The van der Waals surface area contributed by atoms with Gasteiger partial charge in [0.1, 0.15) is 9.21 Å². The minimum Gasteiger partial charge on any atom is -0.465 e. The molecule has 0 saturated carbocycles. The number of piperidine rings is 1. The van der Waals surface area contributed by atoms with E-state index in [1.807, 2.05) is 0 Å². The summed E-state index contributed by atoms with van der Waals surface area (Å²) in [6.45, 7) is 5.15. The van der Waals surface area contributed by atoms with Crippen LogP contribution < -0.4 is 5.32 Å². The number of carbonyl (C=O) groups is 2. The molecule has 8 nitrogen and oxygen atoms in total. The highest BCUT2D eigenvalue weighted by atomic mass is 32.2. The van der Waals surface area contributed by atoms with Gasteiger partial charge < -0.3 is 10.1 Å². The number of rotatable bonds is 6. The molecule has 2 aromatic heterocycles. The maximum Gasteiger partial charge on any atom is 0.341 e. The zero-order valence-electron chi connectivity index (χ0n) is 18.1. The van der Waals surface area contributed by atoms with Gasteiger partial charge in [-0.1, -0.05) is 13.0 Å². The number of hydrogen-bond acceptors (Lipinski definition) is 8. The summed E-state index contributed by atoms with van der Waals surface area (Å²) in [6.07, 6.45) is 1.94. The number of amides is 1. The Balaban J connectivity index is 1.54. The SMILES string of the molecule is CCN1CCc2c(sc(NC(=O)C3CCCN(S(=O)(=O)c4cccs4)C3)c2C(=O)OC)C1. The summed E-state index contributed by atoms with van der Waals surface area (Å²) < 4.78 is 32.5. The molecule has 11 heteroatoms. The van der Waals surface area contributed by atoms with Crippen molar-refractivity contribution < 1.29 is 22.7 Å². The van der Waals surface area contributed by atoms with Gasteiger partial charge in [-0.15, -0.1) is 22.7 Å². The van der Waals surface area contributed by atoms with Gasteiger partial charge in [-0.2, -0.15) is 4.31 Å². The normalized spacial score (nSPS) is 20.0. The summed E-state index contributed by atoms with van der Waals surface area (Å²) in [5, 5.41) is 5.17. The Hall–Kier alpha value is -1.79. The molecule has 0 aromatic carbocycles. The highest BCUT2D eigenvalue weighted by molar-refractivity contribution is 7.91. The fraction of sp³-hybridized carbons (Fsp3) is 0.524. The molecule has 0 radical (unpaired) electrons. The van der Waals surface area contributed by atoms with E-state index in [0.29, 0.717) is 30.0 Å². The van der Waals surface area contributed by atoms with Crippen molar-refractivity contribution in [2.24, 2.45) is 5.92 Å². The maximum atomic E-state index is 13.1. The van der Waals surface area contributed by atoms with E-state index in [1.165, 1.54) is 34.1 Å². The van der Waals surface area contributed by atoms with Crippen molar-refractivity contribution in [2.75, 3.05) is 38.6 Å². The number of esters is 1. The van der Waals surface area contributed by atoms with Crippen molar-refractivity contribution >= 4 is 49.6 Å². The topological polar surface area (TPSA) is 96.0 Å². The zero-order valence-corrected chi connectivity index (χ0v) is 20.6. The fourth-order valence-corrected chi connectivity index (χ4v) is 8.21. The average Bonchev–Trinajstić information content (AvgIpc) is 3.46. The molecule has 0 spiro atoms. The molecule has 1 fully saturated rings. The molecule has 2 aromatic rings. The Morgan fingerprint density at radius 2 is 2.12 bits per heavy atom. The van der Waals surface area contributed by atoms with Gasteiger partial charge in [0, 0.05) is 31.1 Å². The molecule has 0 aliphatic carbocycles. The first-order valence-electron chi connectivity index (χ1n) is 10.6. The lowest BCUT2D eigenvalue weighted by molar-refractivity contribution is -0.120. The van der Waals surface area contributed by atoms with Crippen LogP contribution in [-0.2, 0) is 32.5 Å². The number of anilines is 1. The van der Waals surface area contributed by atoms with Crippen LogP contribution in [0.2, 0.25) is 0 Å². The first-order valence-corrected chi connectivity index (χ1v) is 13.8. The molecule has 1 atom stereocenters. The van der Waals surface area contributed by atoms with Crippen molar-refractivity contribution in [3.05, 3.63) is 33.5 Å². The molecule has 2 aliphatic heterocycles. The van der Waals surface area contributed by atoms with Crippen LogP contribution in [0.15, 0.2) is 21.7 Å². The van der Waals surface area contributed by atoms with Crippen LogP contribution in [0.3, 0.4) is 0 Å². The van der Waals surface area contributed by atoms with E-state index in [9.17, 15) is 18.0 Å². The average molecular weight is 498 g/mol. The molecule has 1 N–H and O–H groups in total. The number of carbonyl (C=O) groups excluding carboxylic acids is 2. The monoisotopic (exact) mass is 497 g/mol. The minimum atomic E-state index is -3.60. The van der Waals surface area contributed by atoms with E-state index in [-0.39, 0.29) is 16.7 Å². The molecule has 2 aliphatic rings. The second-order valence-electron chi connectivity index (χ2n) is 7.94. The van der Waals surface area contributed by atoms with Gasteiger partial charge in [-0.25, -0.2) is 13.2 Å². The van der Waals surface area contributed by atoms with Gasteiger partial charge >= 0.3 is 5.97 Å². The number of fused-ring (bicyclic) bond motifs is 1. The van der Waals surface area contributed by atoms with Gasteiger partial charge in [0.2, 0.25) is 5.91 Å². The Morgan fingerprint density at radius 3 is 2.81 bits per heavy atom. The van der Waals surface area contributed by atoms with E-state index < -0.39 is 21.9 Å². The largest absolute Gasteiger partial charge is 0.465 e. The van der Waals surface area contributed by atoms with Crippen LogP contribution in [0.4, 0.5) is 5.00 Å². The number of methoxy groups -OCH3 is 1. The highest BCUT2D eigenvalue weighted by Gasteiger charge is 2.35. The summed E-state index contributed by atoms with van der Waals surface area (Å²) in [4.78, 5) is 29.0. The molecule has 1 unspecified atom stereocenters. The molecular formula is C21H27N3O5S3. The predicted molar refractivity (Wildman–Crippen MR) is 125 cm³/mol. The summed E-state index contributed by atoms with van der Waals surface area (Å²) in [5.41, 5.74) is 1.39. The number of ether oxygens (including phenoxy) is 1. The number of nitrogens with zero attached hydrogens (tertiary/aromatic N) is 2. The molecule has 0 bridgehead atoms. The van der Waals surface area contributed by atoms with Gasteiger partial charge in [-0.05, 0) is 42.8 Å². The Kier molecular flexibility index (Phi) is 7.01. The van der Waals surface area contributed by atoms with Gasteiger partial charge in [-0.3, -0.25) is 9.69 Å².